The number of aryl methyl sites for hydroxylation is 1. The van der Waals surface area contributed by atoms with Crippen LogP contribution in [0.3, 0.4) is 0 Å². The Balaban J connectivity index is 2.26. The zero-order valence-electron chi connectivity index (χ0n) is 11.6. The molecule has 1 aromatic rings. The predicted molar refractivity (Wildman–Crippen MR) is 75.0 cm³/mol. The van der Waals surface area contributed by atoms with Crippen molar-refractivity contribution in [3.63, 3.8) is 0 Å². The molecule has 1 atom stereocenters. The third-order valence-electron chi connectivity index (χ3n) is 3.41. The number of anilines is 2. The van der Waals surface area contributed by atoms with Crippen LogP contribution in [-0.2, 0) is 9.53 Å². The van der Waals surface area contributed by atoms with E-state index in [1.54, 1.807) is 6.20 Å². The second kappa shape index (κ2) is 5.91. The van der Waals surface area contributed by atoms with E-state index in [2.05, 4.69) is 9.88 Å². The van der Waals surface area contributed by atoms with E-state index < -0.39 is 0 Å². The van der Waals surface area contributed by atoms with E-state index in [0.717, 1.165) is 37.2 Å². The third-order valence-corrected chi connectivity index (χ3v) is 3.41. The van der Waals surface area contributed by atoms with Gasteiger partial charge in [-0.1, -0.05) is 0 Å². The first kappa shape index (κ1) is 13.6. The fourth-order valence-electron chi connectivity index (χ4n) is 2.56. The van der Waals surface area contributed by atoms with Crippen molar-refractivity contribution in [2.24, 2.45) is 0 Å². The number of piperidine rings is 1. The standard InChI is InChI=1S/C14H21N3O2/c1-3-19-14(18)12-6-4-5-7-17(12)13-10(2)8-11(15)9-16-13/h8-9,12H,3-7,15H2,1-2H3. The molecule has 0 aliphatic carbocycles. The van der Waals surface area contributed by atoms with Gasteiger partial charge in [0.2, 0.25) is 0 Å². The molecule has 1 saturated heterocycles. The van der Waals surface area contributed by atoms with Crippen molar-refractivity contribution in [1.29, 1.82) is 0 Å². The number of esters is 1. The average molecular weight is 263 g/mol. The number of nitrogen functional groups attached to an aromatic ring is 1. The van der Waals surface area contributed by atoms with E-state index in [1.165, 1.54) is 0 Å². The molecule has 104 valence electrons. The molecule has 0 spiro atoms. The van der Waals surface area contributed by atoms with Crippen LogP contribution in [0.1, 0.15) is 31.7 Å². The fraction of sp³-hybridized carbons (Fsp3) is 0.571. The van der Waals surface area contributed by atoms with Gasteiger partial charge >= 0.3 is 5.97 Å². The monoisotopic (exact) mass is 263 g/mol. The summed E-state index contributed by atoms with van der Waals surface area (Å²) in [5.74, 6) is 0.687. The maximum atomic E-state index is 12.0. The number of carbonyl (C=O) groups is 1. The summed E-state index contributed by atoms with van der Waals surface area (Å²) in [5.41, 5.74) is 7.37. The molecule has 2 N–H and O–H groups in total. The summed E-state index contributed by atoms with van der Waals surface area (Å²) in [7, 11) is 0. The zero-order valence-corrected chi connectivity index (χ0v) is 11.6. The largest absolute Gasteiger partial charge is 0.464 e. The van der Waals surface area contributed by atoms with Gasteiger partial charge in [0.15, 0.2) is 0 Å². The molecule has 0 amide bonds. The molecule has 0 bridgehead atoms. The lowest BCUT2D eigenvalue weighted by atomic mass is 10.0. The van der Waals surface area contributed by atoms with Crippen molar-refractivity contribution in [2.75, 3.05) is 23.8 Å². The smallest absolute Gasteiger partial charge is 0.328 e. The SMILES string of the molecule is CCOC(=O)C1CCCCN1c1ncc(N)cc1C. The summed E-state index contributed by atoms with van der Waals surface area (Å²) < 4.78 is 5.16. The van der Waals surface area contributed by atoms with Crippen LogP contribution >= 0.6 is 0 Å². The number of rotatable bonds is 3. The van der Waals surface area contributed by atoms with Crippen molar-refractivity contribution in [1.82, 2.24) is 4.98 Å². The zero-order chi connectivity index (χ0) is 13.8. The van der Waals surface area contributed by atoms with Crippen molar-refractivity contribution in [3.8, 4) is 0 Å². The molecule has 2 rings (SSSR count). The minimum atomic E-state index is -0.219. The lowest BCUT2D eigenvalue weighted by Gasteiger charge is -2.35. The molecule has 1 aromatic heterocycles. The Morgan fingerprint density at radius 3 is 3.05 bits per heavy atom. The first-order valence-electron chi connectivity index (χ1n) is 6.79. The third kappa shape index (κ3) is 2.97. The van der Waals surface area contributed by atoms with Gasteiger partial charge in [0.1, 0.15) is 11.9 Å². The summed E-state index contributed by atoms with van der Waals surface area (Å²) in [6.45, 7) is 5.05. The quantitative estimate of drug-likeness (QED) is 0.843. The number of ether oxygens (including phenoxy) is 1. The van der Waals surface area contributed by atoms with Gasteiger partial charge in [-0.05, 0) is 44.7 Å². The van der Waals surface area contributed by atoms with E-state index >= 15 is 0 Å². The van der Waals surface area contributed by atoms with Gasteiger partial charge in [-0.15, -0.1) is 0 Å². The maximum absolute atomic E-state index is 12.0. The van der Waals surface area contributed by atoms with E-state index in [0.29, 0.717) is 12.3 Å². The second-order valence-electron chi connectivity index (χ2n) is 4.87. The van der Waals surface area contributed by atoms with Crippen molar-refractivity contribution >= 4 is 17.5 Å². The minimum Gasteiger partial charge on any atom is -0.464 e. The van der Waals surface area contributed by atoms with E-state index in [-0.39, 0.29) is 12.0 Å². The van der Waals surface area contributed by atoms with Gasteiger partial charge in [0, 0.05) is 6.54 Å². The van der Waals surface area contributed by atoms with Crippen LogP contribution in [-0.4, -0.2) is 30.1 Å². The molecule has 0 saturated carbocycles. The normalized spacial score (nSPS) is 19.3. The van der Waals surface area contributed by atoms with Crippen molar-refractivity contribution in [2.45, 2.75) is 39.2 Å². The van der Waals surface area contributed by atoms with Crippen LogP contribution in [0, 0.1) is 6.92 Å². The molecule has 1 unspecified atom stereocenters. The van der Waals surface area contributed by atoms with Gasteiger partial charge in [-0.25, -0.2) is 9.78 Å². The summed E-state index contributed by atoms with van der Waals surface area (Å²) >= 11 is 0. The lowest BCUT2D eigenvalue weighted by Crippen LogP contribution is -2.46. The molecule has 0 radical (unpaired) electrons. The van der Waals surface area contributed by atoms with E-state index in [1.807, 2.05) is 19.9 Å². The molecule has 1 aliphatic rings. The van der Waals surface area contributed by atoms with Crippen LogP contribution in [0.2, 0.25) is 0 Å². The Hall–Kier alpha value is -1.78. The lowest BCUT2D eigenvalue weighted by molar-refractivity contribution is -0.145. The number of hydrogen-bond acceptors (Lipinski definition) is 5. The first-order valence-corrected chi connectivity index (χ1v) is 6.79. The number of nitrogens with two attached hydrogens (primary N) is 1. The molecule has 1 fully saturated rings. The minimum absolute atomic E-state index is 0.153. The fourth-order valence-corrected chi connectivity index (χ4v) is 2.56. The Bertz CT molecular complexity index is 462. The van der Waals surface area contributed by atoms with Crippen LogP contribution in [0.4, 0.5) is 11.5 Å². The highest BCUT2D eigenvalue weighted by molar-refractivity contribution is 5.80. The topological polar surface area (TPSA) is 68.5 Å². The van der Waals surface area contributed by atoms with Crippen LogP contribution in [0.5, 0.6) is 0 Å². The molecule has 0 aromatic carbocycles. The van der Waals surface area contributed by atoms with Crippen molar-refractivity contribution < 1.29 is 9.53 Å². The number of nitrogens with zero attached hydrogens (tertiary/aromatic N) is 2. The highest BCUT2D eigenvalue weighted by Crippen LogP contribution is 2.27. The molecule has 5 heteroatoms. The number of carbonyl (C=O) groups excluding carboxylic acids is 1. The number of pyridine rings is 1. The Kier molecular flexibility index (Phi) is 4.24. The molecular formula is C14H21N3O2. The number of hydrogen-bond donors (Lipinski definition) is 1. The average Bonchev–Trinajstić information content (AvgIpc) is 2.39. The highest BCUT2D eigenvalue weighted by atomic mass is 16.5. The maximum Gasteiger partial charge on any atom is 0.328 e. The van der Waals surface area contributed by atoms with Gasteiger partial charge in [0.25, 0.3) is 0 Å². The first-order chi connectivity index (χ1) is 9.13. The molecular weight excluding hydrogens is 242 g/mol. The van der Waals surface area contributed by atoms with Gasteiger partial charge in [-0.3, -0.25) is 0 Å². The molecule has 5 nitrogen and oxygen atoms in total. The van der Waals surface area contributed by atoms with Crippen LogP contribution in [0.25, 0.3) is 0 Å². The Labute approximate surface area is 113 Å². The number of aromatic nitrogens is 1. The predicted octanol–water partition coefficient (Wildman–Crippen LogP) is 1.89. The van der Waals surface area contributed by atoms with Crippen LogP contribution < -0.4 is 10.6 Å². The highest BCUT2D eigenvalue weighted by Gasteiger charge is 2.31. The van der Waals surface area contributed by atoms with Gasteiger partial charge < -0.3 is 15.4 Å². The summed E-state index contributed by atoms with van der Waals surface area (Å²) in [4.78, 5) is 18.5. The Morgan fingerprint density at radius 2 is 2.37 bits per heavy atom. The second-order valence-corrected chi connectivity index (χ2v) is 4.87. The van der Waals surface area contributed by atoms with Gasteiger partial charge in [0.05, 0.1) is 18.5 Å². The summed E-state index contributed by atoms with van der Waals surface area (Å²) in [6, 6.07) is 1.67. The van der Waals surface area contributed by atoms with Gasteiger partial charge in [-0.2, -0.15) is 0 Å². The van der Waals surface area contributed by atoms with Crippen LogP contribution in [0.15, 0.2) is 12.3 Å². The molecule has 2 heterocycles. The molecule has 1 aliphatic heterocycles. The Morgan fingerprint density at radius 1 is 1.58 bits per heavy atom. The summed E-state index contributed by atoms with van der Waals surface area (Å²) in [6.07, 6.45) is 4.58. The van der Waals surface area contributed by atoms with E-state index in [9.17, 15) is 4.79 Å². The molecule has 19 heavy (non-hydrogen) atoms. The van der Waals surface area contributed by atoms with E-state index in [4.69, 9.17) is 10.5 Å². The summed E-state index contributed by atoms with van der Waals surface area (Å²) in [5, 5.41) is 0. The van der Waals surface area contributed by atoms with Crippen molar-refractivity contribution in [3.05, 3.63) is 17.8 Å².